The second-order valence-corrected chi connectivity index (χ2v) is 4.15. The van der Waals surface area contributed by atoms with Crippen molar-refractivity contribution in [2.45, 2.75) is 19.9 Å². The molecule has 106 valence electrons. The molecule has 8 heteroatoms. The van der Waals surface area contributed by atoms with Gasteiger partial charge in [0.25, 0.3) is 11.6 Å². The van der Waals surface area contributed by atoms with Gasteiger partial charge in [0.05, 0.1) is 22.6 Å². The van der Waals surface area contributed by atoms with Crippen molar-refractivity contribution in [2.75, 3.05) is 6.54 Å². The third-order valence-electron chi connectivity index (χ3n) is 2.72. The molecule has 0 radical (unpaired) electrons. The van der Waals surface area contributed by atoms with E-state index in [4.69, 9.17) is 4.42 Å². The molecule has 1 N–H and O–H groups in total. The predicted molar refractivity (Wildman–Crippen MR) is 68.4 cm³/mol. The minimum absolute atomic E-state index is 0.00264. The molecule has 0 bridgehead atoms. The molecule has 2 rings (SSSR count). The van der Waals surface area contributed by atoms with E-state index < -0.39 is 10.7 Å². The Balaban J connectivity index is 2.30. The van der Waals surface area contributed by atoms with Crippen molar-refractivity contribution in [3.8, 4) is 11.5 Å². The molecule has 0 saturated heterocycles. The van der Waals surface area contributed by atoms with Gasteiger partial charge in [-0.25, -0.2) is 4.39 Å². The molecule has 1 unspecified atom stereocenters. The highest BCUT2D eigenvalue weighted by molar-refractivity contribution is 5.56. The molecule has 1 atom stereocenters. The Labute approximate surface area is 114 Å². The van der Waals surface area contributed by atoms with Crippen LogP contribution in [0.3, 0.4) is 0 Å². The number of benzene rings is 1. The minimum Gasteiger partial charge on any atom is -0.419 e. The number of hydrogen-bond acceptors (Lipinski definition) is 6. The molecule has 1 heterocycles. The van der Waals surface area contributed by atoms with Gasteiger partial charge in [0.2, 0.25) is 5.89 Å². The van der Waals surface area contributed by atoms with E-state index in [1.54, 1.807) is 0 Å². The fraction of sp³-hybridized carbons (Fsp3) is 0.333. The Morgan fingerprint density at radius 3 is 2.85 bits per heavy atom. The summed E-state index contributed by atoms with van der Waals surface area (Å²) in [5.74, 6) is -0.442. The monoisotopic (exact) mass is 280 g/mol. The largest absolute Gasteiger partial charge is 0.419 e. The first-order valence-corrected chi connectivity index (χ1v) is 6.04. The van der Waals surface area contributed by atoms with Gasteiger partial charge in [-0.2, -0.15) is 0 Å². The van der Waals surface area contributed by atoms with Crippen LogP contribution in [0.5, 0.6) is 0 Å². The second-order valence-electron chi connectivity index (χ2n) is 4.15. The van der Waals surface area contributed by atoms with Crippen LogP contribution in [0.1, 0.15) is 25.8 Å². The van der Waals surface area contributed by atoms with Crippen molar-refractivity contribution >= 4 is 5.69 Å². The lowest BCUT2D eigenvalue weighted by molar-refractivity contribution is -0.385. The van der Waals surface area contributed by atoms with Crippen LogP contribution in [0, 0.1) is 15.9 Å². The van der Waals surface area contributed by atoms with Gasteiger partial charge >= 0.3 is 0 Å². The van der Waals surface area contributed by atoms with Gasteiger partial charge in [-0.3, -0.25) is 10.1 Å². The number of non-ortho nitro benzene ring substituents is 1. The number of nitrogens with one attached hydrogen (secondary N) is 1. The topological polar surface area (TPSA) is 94.1 Å². The number of halogens is 1. The van der Waals surface area contributed by atoms with E-state index >= 15 is 0 Å². The van der Waals surface area contributed by atoms with Crippen LogP contribution >= 0.6 is 0 Å². The summed E-state index contributed by atoms with van der Waals surface area (Å²) in [6.07, 6.45) is 0. The molecule has 0 fully saturated rings. The number of nitrogens with zero attached hydrogens (tertiary/aromatic N) is 3. The standard InChI is InChI=1S/C12H13FN4O3/c1-3-14-7(2)11-15-16-12(20-11)9-5-4-8(17(18)19)6-10(9)13/h4-7,14H,3H2,1-2H3. The van der Waals surface area contributed by atoms with Gasteiger partial charge in [-0.15, -0.1) is 10.2 Å². The quantitative estimate of drug-likeness (QED) is 0.667. The van der Waals surface area contributed by atoms with Crippen LogP contribution < -0.4 is 5.32 Å². The molecule has 7 nitrogen and oxygen atoms in total. The van der Waals surface area contributed by atoms with Gasteiger partial charge in [-0.05, 0) is 19.5 Å². The number of aromatic nitrogens is 2. The molecule has 1 aromatic heterocycles. The van der Waals surface area contributed by atoms with Gasteiger partial charge < -0.3 is 9.73 Å². The maximum absolute atomic E-state index is 13.8. The molecule has 0 amide bonds. The average Bonchev–Trinajstić information content (AvgIpc) is 2.88. The normalized spacial score (nSPS) is 12.3. The number of nitro benzene ring substituents is 1. The summed E-state index contributed by atoms with van der Waals surface area (Å²) in [6.45, 7) is 4.50. The second kappa shape index (κ2) is 5.74. The van der Waals surface area contributed by atoms with Crippen molar-refractivity contribution in [2.24, 2.45) is 0 Å². The van der Waals surface area contributed by atoms with Crippen molar-refractivity contribution in [1.29, 1.82) is 0 Å². The number of rotatable bonds is 5. The van der Waals surface area contributed by atoms with Crippen LogP contribution in [0.2, 0.25) is 0 Å². The molecule has 20 heavy (non-hydrogen) atoms. The Morgan fingerprint density at radius 2 is 2.25 bits per heavy atom. The lowest BCUT2D eigenvalue weighted by Crippen LogP contribution is -2.17. The van der Waals surface area contributed by atoms with E-state index in [2.05, 4.69) is 15.5 Å². The molecular weight excluding hydrogens is 267 g/mol. The summed E-state index contributed by atoms with van der Waals surface area (Å²) >= 11 is 0. The summed E-state index contributed by atoms with van der Waals surface area (Å²) in [5, 5.41) is 21.2. The fourth-order valence-electron chi connectivity index (χ4n) is 1.70. The van der Waals surface area contributed by atoms with E-state index in [1.807, 2.05) is 13.8 Å². The maximum Gasteiger partial charge on any atom is 0.272 e. The maximum atomic E-state index is 13.8. The third kappa shape index (κ3) is 2.80. The Kier molecular flexibility index (Phi) is 4.04. The summed E-state index contributed by atoms with van der Waals surface area (Å²) < 4.78 is 19.2. The van der Waals surface area contributed by atoms with E-state index in [1.165, 1.54) is 12.1 Å². The summed E-state index contributed by atoms with van der Waals surface area (Å²) in [5.41, 5.74) is -0.287. The van der Waals surface area contributed by atoms with Crippen molar-refractivity contribution in [3.63, 3.8) is 0 Å². The third-order valence-corrected chi connectivity index (χ3v) is 2.72. The SMILES string of the molecule is CCNC(C)c1nnc(-c2ccc([N+](=O)[O-])cc2F)o1. The first-order valence-electron chi connectivity index (χ1n) is 6.04. The smallest absolute Gasteiger partial charge is 0.272 e. The van der Waals surface area contributed by atoms with E-state index in [-0.39, 0.29) is 23.2 Å². The Bertz CT molecular complexity index is 629. The van der Waals surface area contributed by atoms with Gasteiger partial charge in [-0.1, -0.05) is 6.92 Å². The molecule has 0 saturated carbocycles. The van der Waals surface area contributed by atoms with Crippen LogP contribution in [-0.4, -0.2) is 21.7 Å². The van der Waals surface area contributed by atoms with Crippen LogP contribution in [0.4, 0.5) is 10.1 Å². The Hall–Kier alpha value is -2.35. The number of nitro groups is 1. The van der Waals surface area contributed by atoms with E-state index in [0.717, 1.165) is 12.6 Å². The van der Waals surface area contributed by atoms with E-state index in [9.17, 15) is 14.5 Å². The lowest BCUT2D eigenvalue weighted by atomic mass is 10.2. The molecule has 0 spiro atoms. The molecular formula is C12H13FN4O3. The lowest BCUT2D eigenvalue weighted by Gasteiger charge is -2.05. The highest BCUT2D eigenvalue weighted by Gasteiger charge is 2.18. The molecule has 0 aliphatic carbocycles. The van der Waals surface area contributed by atoms with E-state index in [0.29, 0.717) is 5.89 Å². The number of hydrogen-bond donors (Lipinski definition) is 1. The van der Waals surface area contributed by atoms with Gasteiger partial charge in [0.1, 0.15) is 5.82 Å². The minimum atomic E-state index is -0.773. The van der Waals surface area contributed by atoms with Crippen molar-refractivity contribution in [3.05, 3.63) is 40.0 Å². The van der Waals surface area contributed by atoms with Crippen molar-refractivity contribution in [1.82, 2.24) is 15.5 Å². The fourth-order valence-corrected chi connectivity index (χ4v) is 1.70. The first-order chi connectivity index (χ1) is 9.52. The molecule has 0 aliphatic rings. The van der Waals surface area contributed by atoms with Gasteiger partial charge in [0, 0.05) is 6.07 Å². The summed E-state index contributed by atoms with van der Waals surface area (Å²) in [4.78, 5) is 9.88. The van der Waals surface area contributed by atoms with Crippen molar-refractivity contribution < 1.29 is 13.7 Å². The highest BCUT2D eigenvalue weighted by Crippen LogP contribution is 2.26. The molecule has 0 aliphatic heterocycles. The zero-order valence-electron chi connectivity index (χ0n) is 11.0. The average molecular weight is 280 g/mol. The predicted octanol–water partition coefficient (Wildman–Crippen LogP) is 2.45. The van der Waals surface area contributed by atoms with Crippen LogP contribution in [-0.2, 0) is 0 Å². The zero-order chi connectivity index (χ0) is 14.7. The Morgan fingerprint density at radius 1 is 1.50 bits per heavy atom. The summed E-state index contributed by atoms with van der Waals surface area (Å²) in [7, 11) is 0. The molecule has 2 aromatic rings. The highest BCUT2D eigenvalue weighted by atomic mass is 19.1. The first kappa shape index (κ1) is 14.1. The molecule has 1 aromatic carbocycles. The zero-order valence-corrected chi connectivity index (χ0v) is 11.0. The van der Waals surface area contributed by atoms with Gasteiger partial charge in [0.15, 0.2) is 0 Å². The van der Waals surface area contributed by atoms with Crippen LogP contribution in [0.15, 0.2) is 22.6 Å². The summed E-state index contributed by atoms with van der Waals surface area (Å²) in [6, 6.07) is 3.12. The van der Waals surface area contributed by atoms with Crippen LogP contribution in [0.25, 0.3) is 11.5 Å².